The fourth-order valence-corrected chi connectivity index (χ4v) is 4.64. The van der Waals surface area contributed by atoms with Crippen molar-refractivity contribution in [1.82, 2.24) is 14.9 Å². The van der Waals surface area contributed by atoms with Crippen LogP contribution in [0.25, 0.3) is 0 Å². The Morgan fingerprint density at radius 3 is 2.44 bits per heavy atom. The van der Waals surface area contributed by atoms with Crippen molar-refractivity contribution in [3.8, 4) is 0 Å². The van der Waals surface area contributed by atoms with Gasteiger partial charge in [-0.2, -0.15) is 4.31 Å². The number of nitrogens with one attached hydrogen (secondary N) is 2. The van der Waals surface area contributed by atoms with Gasteiger partial charge in [-0.25, -0.2) is 8.42 Å². The van der Waals surface area contributed by atoms with Crippen LogP contribution in [0.2, 0.25) is 0 Å². The van der Waals surface area contributed by atoms with Crippen molar-refractivity contribution < 1.29 is 13.2 Å². The van der Waals surface area contributed by atoms with E-state index in [-0.39, 0.29) is 22.9 Å². The highest BCUT2D eigenvalue weighted by atomic mass is 32.2. The van der Waals surface area contributed by atoms with E-state index in [1.54, 1.807) is 24.3 Å². The van der Waals surface area contributed by atoms with Crippen LogP contribution in [0.3, 0.4) is 0 Å². The number of carbonyl (C=O) groups is 1. The predicted octanol–water partition coefficient (Wildman–Crippen LogP) is 2.04. The molecule has 0 bridgehead atoms. The van der Waals surface area contributed by atoms with E-state index in [1.165, 1.54) is 4.31 Å². The van der Waals surface area contributed by atoms with Gasteiger partial charge in [0.15, 0.2) is 0 Å². The summed E-state index contributed by atoms with van der Waals surface area (Å²) in [6.07, 6.45) is 2.65. The first-order valence-electron chi connectivity index (χ1n) is 9.01. The summed E-state index contributed by atoms with van der Waals surface area (Å²) in [5.41, 5.74) is 0.895. The van der Waals surface area contributed by atoms with Crippen LogP contribution in [0.15, 0.2) is 29.2 Å². The Kier molecular flexibility index (Phi) is 6.98. The largest absolute Gasteiger partial charge is 0.350 e. The summed E-state index contributed by atoms with van der Waals surface area (Å²) in [6, 6.07) is 6.89. The monoisotopic (exact) mass is 367 g/mol. The summed E-state index contributed by atoms with van der Waals surface area (Å²) in [5.74, 6) is 0.0201. The fraction of sp³-hybridized carbons (Fsp3) is 0.611. The zero-order valence-electron chi connectivity index (χ0n) is 15.3. The second-order valence-electron chi connectivity index (χ2n) is 6.44. The van der Waals surface area contributed by atoms with Crippen molar-refractivity contribution in [2.45, 2.75) is 57.0 Å². The molecule has 1 amide bonds. The van der Waals surface area contributed by atoms with E-state index in [0.717, 1.165) is 24.9 Å². The highest BCUT2D eigenvalue weighted by Gasteiger charge is 2.22. The van der Waals surface area contributed by atoms with Crippen LogP contribution in [0.4, 0.5) is 0 Å². The Labute approximate surface area is 151 Å². The number of benzene rings is 1. The normalized spacial score (nSPS) is 19.1. The lowest BCUT2D eigenvalue weighted by atomic mass is 10.1. The van der Waals surface area contributed by atoms with Gasteiger partial charge in [0.1, 0.15) is 0 Å². The quantitative estimate of drug-likeness (QED) is 0.737. The predicted molar refractivity (Wildman–Crippen MR) is 98.7 cm³/mol. The van der Waals surface area contributed by atoms with Crippen molar-refractivity contribution in [3.63, 3.8) is 0 Å². The number of nitrogens with zero attached hydrogens (tertiary/aromatic N) is 1. The Balaban J connectivity index is 1.99. The Morgan fingerprint density at radius 1 is 1.28 bits per heavy atom. The van der Waals surface area contributed by atoms with E-state index < -0.39 is 10.0 Å². The van der Waals surface area contributed by atoms with Gasteiger partial charge < -0.3 is 10.6 Å². The third-order valence-electron chi connectivity index (χ3n) is 4.69. The number of rotatable bonds is 8. The first kappa shape index (κ1) is 19.9. The molecule has 1 aromatic rings. The van der Waals surface area contributed by atoms with Gasteiger partial charge >= 0.3 is 0 Å². The zero-order valence-corrected chi connectivity index (χ0v) is 16.1. The van der Waals surface area contributed by atoms with E-state index in [0.29, 0.717) is 19.5 Å². The van der Waals surface area contributed by atoms with Crippen LogP contribution < -0.4 is 10.6 Å². The molecule has 25 heavy (non-hydrogen) atoms. The third-order valence-corrected chi connectivity index (χ3v) is 6.76. The summed E-state index contributed by atoms with van der Waals surface area (Å²) in [4.78, 5) is 12.4. The Hall–Kier alpha value is -1.44. The molecule has 2 atom stereocenters. The summed E-state index contributed by atoms with van der Waals surface area (Å²) in [7, 11) is -3.44. The van der Waals surface area contributed by atoms with Gasteiger partial charge in [0.05, 0.1) is 10.9 Å². The molecule has 7 heteroatoms. The van der Waals surface area contributed by atoms with Crippen LogP contribution in [0, 0.1) is 0 Å². The Bertz CT molecular complexity index is 663. The molecule has 0 spiro atoms. The minimum atomic E-state index is -3.44. The summed E-state index contributed by atoms with van der Waals surface area (Å²) in [5, 5.41) is 6.30. The maximum Gasteiger partial charge on any atom is 0.243 e. The number of hydrogen-bond acceptors (Lipinski definition) is 4. The van der Waals surface area contributed by atoms with Gasteiger partial charge in [0.2, 0.25) is 15.9 Å². The van der Waals surface area contributed by atoms with Gasteiger partial charge in [0.25, 0.3) is 0 Å². The van der Waals surface area contributed by atoms with Crippen molar-refractivity contribution in [1.29, 1.82) is 0 Å². The number of carbonyl (C=O) groups excluding carboxylic acids is 1. The Morgan fingerprint density at radius 2 is 1.92 bits per heavy atom. The van der Waals surface area contributed by atoms with Crippen LogP contribution in [-0.2, 0) is 14.8 Å². The fourth-order valence-electron chi connectivity index (χ4n) is 3.18. The van der Waals surface area contributed by atoms with E-state index in [1.807, 2.05) is 20.8 Å². The average Bonchev–Trinajstić information content (AvgIpc) is 3.08. The highest BCUT2D eigenvalue weighted by Crippen LogP contribution is 2.20. The van der Waals surface area contributed by atoms with Gasteiger partial charge in [-0.1, -0.05) is 26.0 Å². The number of sulfonamides is 1. The molecule has 6 nitrogen and oxygen atoms in total. The average molecular weight is 368 g/mol. The molecule has 0 aromatic heterocycles. The maximum absolute atomic E-state index is 12.5. The van der Waals surface area contributed by atoms with Crippen LogP contribution in [0.5, 0.6) is 0 Å². The molecule has 1 aliphatic heterocycles. The molecule has 0 radical (unpaired) electrons. The summed E-state index contributed by atoms with van der Waals surface area (Å²) in [6.45, 7) is 7.44. The zero-order chi connectivity index (χ0) is 18.4. The molecule has 1 saturated heterocycles. The molecule has 1 heterocycles. The molecular weight excluding hydrogens is 338 g/mol. The maximum atomic E-state index is 12.5. The number of hydrogen-bond donors (Lipinski definition) is 2. The molecule has 2 N–H and O–H groups in total. The van der Waals surface area contributed by atoms with Gasteiger partial charge in [-0.3, -0.25) is 4.79 Å². The second-order valence-corrected chi connectivity index (χ2v) is 8.38. The molecule has 140 valence electrons. The SMILES string of the molecule is CCN(CC)S(=O)(=O)c1ccc(C(C)NC(=O)CC2CCCN2)cc1. The first-order valence-corrected chi connectivity index (χ1v) is 10.4. The topological polar surface area (TPSA) is 78.5 Å². The molecule has 1 fully saturated rings. The lowest BCUT2D eigenvalue weighted by Gasteiger charge is -2.20. The first-order chi connectivity index (χ1) is 11.9. The van der Waals surface area contributed by atoms with Gasteiger partial charge in [-0.05, 0) is 44.0 Å². The lowest BCUT2D eigenvalue weighted by Crippen LogP contribution is -2.33. The van der Waals surface area contributed by atoms with Gasteiger partial charge in [-0.15, -0.1) is 0 Å². The minimum absolute atomic E-state index is 0.0201. The lowest BCUT2D eigenvalue weighted by molar-refractivity contribution is -0.122. The van der Waals surface area contributed by atoms with Crippen molar-refractivity contribution in [3.05, 3.63) is 29.8 Å². The minimum Gasteiger partial charge on any atom is -0.350 e. The van der Waals surface area contributed by atoms with Crippen molar-refractivity contribution in [2.24, 2.45) is 0 Å². The smallest absolute Gasteiger partial charge is 0.243 e. The third kappa shape index (κ3) is 5.03. The van der Waals surface area contributed by atoms with Crippen molar-refractivity contribution in [2.75, 3.05) is 19.6 Å². The van der Waals surface area contributed by atoms with Gasteiger partial charge in [0, 0.05) is 25.6 Å². The number of amides is 1. The molecular formula is C18H29N3O3S. The molecule has 1 aliphatic rings. The second kappa shape index (κ2) is 8.78. The molecule has 0 saturated carbocycles. The molecule has 1 aromatic carbocycles. The van der Waals surface area contributed by atoms with E-state index >= 15 is 0 Å². The molecule has 2 rings (SSSR count). The highest BCUT2D eigenvalue weighted by molar-refractivity contribution is 7.89. The standard InChI is InChI=1S/C18H29N3O3S/c1-4-21(5-2)25(23,24)17-10-8-15(9-11-17)14(3)20-18(22)13-16-7-6-12-19-16/h8-11,14,16,19H,4-7,12-13H2,1-3H3,(H,20,22). The van der Waals surface area contributed by atoms with Crippen LogP contribution in [0.1, 0.15) is 51.6 Å². The van der Waals surface area contributed by atoms with E-state index in [4.69, 9.17) is 0 Å². The van der Waals surface area contributed by atoms with Crippen molar-refractivity contribution >= 4 is 15.9 Å². The summed E-state index contributed by atoms with van der Waals surface area (Å²) >= 11 is 0. The molecule has 2 unspecified atom stereocenters. The van der Waals surface area contributed by atoms with E-state index in [9.17, 15) is 13.2 Å². The van der Waals surface area contributed by atoms with Crippen LogP contribution >= 0.6 is 0 Å². The van der Waals surface area contributed by atoms with E-state index in [2.05, 4.69) is 10.6 Å². The summed E-state index contributed by atoms with van der Waals surface area (Å²) < 4.78 is 26.4. The molecule has 0 aliphatic carbocycles. The van der Waals surface area contributed by atoms with Crippen LogP contribution in [-0.4, -0.2) is 44.3 Å².